The number of aromatic amines is 1. The molecule has 8 heteroatoms. The molecule has 0 aromatic carbocycles. The van der Waals surface area contributed by atoms with Gasteiger partial charge in [0.1, 0.15) is 4.90 Å². The third-order valence-corrected chi connectivity index (χ3v) is 5.34. The van der Waals surface area contributed by atoms with Crippen molar-refractivity contribution >= 4 is 22.4 Å². The minimum Gasteiger partial charge on any atom is -0.314 e. The van der Waals surface area contributed by atoms with Gasteiger partial charge in [0, 0.05) is 25.7 Å². The van der Waals surface area contributed by atoms with E-state index in [9.17, 15) is 8.42 Å². The van der Waals surface area contributed by atoms with Gasteiger partial charge in [-0.15, -0.1) is 12.4 Å². The van der Waals surface area contributed by atoms with Crippen molar-refractivity contribution < 1.29 is 8.42 Å². The van der Waals surface area contributed by atoms with Crippen LogP contribution in [-0.2, 0) is 10.0 Å². The summed E-state index contributed by atoms with van der Waals surface area (Å²) in [6, 6.07) is -0.0255. The SMILES string of the molecule is Cc1n[nH]c(C)c1S(=O)(=O)N1CCNC[C@H]1C.Cl. The number of H-pyrrole nitrogens is 1. The topological polar surface area (TPSA) is 78.1 Å². The highest BCUT2D eigenvalue weighted by atomic mass is 35.5. The molecule has 1 aromatic rings. The van der Waals surface area contributed by atoms with Crippen LogP contribution in [-0.4, -0.2) is 48.6 Å². The zero-order valence-corrected chi connectivity index (χ0v) is 12.4. The van der Waals surface area contributed by atoms with E-state index in [1.54, 1.807) is 18.2 Å². The lowest BCUT2D eigenvalue weighted by Crippen LogP contribution is -2.52. The largest absolute Gasteiger partial charge is 0.314 e. The second-order valence-electron chi connectivity index (χ2n) is 4.43. The molecule has 2 N–H and O–H groups in total. The van der Waals surface area contributed by atoms with E-state index < -0.39 is 10.0 Å². The zero-order chi connectivity index (χ0) is 12.6. The van der Waals surface area contributed by atoms with Crippen LogP contribution in [0.5, 0.6) is 0 Å². The van der Waals surface area contributed by atoms with Crippen molar-refractivity contribution in [2.24, 2.45) is 0 Å². The van der Waals surface area contributed by atoms with Gasteiger partial charge < -0.3 is 5.32 Å². The van der Waals surface area contributed by atoms with Crippen molar-refractivity contribution in [1.29, 1.82) is 0 Å². The lowest BCUT2D eigenvalue weighted by molar-refractivity contribution is 0.283. The Morgan fingerprint density at radius 3 is 2.56 bits per heavy atom. The van der Waals surface area contributed by atoms with E-state index in [4.69, 9.17) is 0 Å². The molecule has 1 aromatic heterocycles. The molecule has 104 valence electrons. The van der Waals surface area contributed by atoms with E-state index in [0.29, 0.717) is 35.9 Å². The number of hydrogen-bond donors (Lipinski definition) is 2. The van der Waals surface area contributed by atoms with Gasteiger partial charge in [-0.1, -0.05) is 0 Å². The predicted octanol–water partition coefficient (Wildman–Crippen LogP) is 0.431. The number of rotatable bonds is 2. The fourth-order valence-corrected chi connectivity index (χ4v) is 4.18. The second kappa shape index (κ2) is 5.56. The van der Waals surface area contributed by atoms with Crippen molar-refractivity contribution in [2.45, 2.75) is 31.7 Å². The lowest BCUT2D eigenvalue weighted by Gasteiger charge is -2.32. The van der Waals surface area contributed by atoms with Crippen LogP contribution < -0.4 is 5.32 Å². The number of sulfonamides is 1. The van der Waals surface area contributed by atoms with Gasteiger partial charge in [0.05, 0.1) is 11.4 Å². The molecule has 1 atom stereocenters. The standard InChI is InChI=1S/C10H18N4O2S.ClH/c1-7-6-11-4-5-14(7)17(15,16)10-8(2)12-13-9(10)3;/h7,11H,4-6H2,1-3H3,(H,12,13);1H/t7-;/m1./s1. The molecule has 0 radical (unpaired) electrons. The maximum Gasteiger partial charge on any atom is 0.247 e. The average molecular weight is 295 g/mol. The quantitative estimate of drug-likeness (QED) is 0.829. The van der Waals surface area contributed by atoms with Crippen molar-refractivity contribution in [2.75, 3.05) is 19.6 Å². The first kappa shape index (κ1) is 15.4. The first-order valence-electron chi connectivity index (χ1n) is 5.68. The minimum absolute atomic E-state index is 0. The van der Waals surface area contributed by atoms with Gasteiger partial charge in [-0.3, -0.25) is 5.10 Å². The maximum atomic E-state index is 12.5. The Labute approximate surface area is 114 Å². The Kier molecular flexibility index (Phi) is 4.77. The number of hydrogen-bond acceptors (Lipinski definition) is 4. The molecule has 0 unspecified atom stereocenters. The van der Waals surface area contributed by atoms with Crippen molar-refractivity contribution in [1.82, 2.24) is 19.8 Å². The van der Waals surface area contributed by atoms with Crippen LogP contribution in [0.15, 0.2) is 4.90 Å². The summed E-state index contributed by atoms with van der Waals surface area (Å²) in [6.45, 7) is 7.25. The smallest absolute Gasteiger partial charge is 0.247 e. The summed E-state index contributed by atoms with van der Waals surface area (Å²) in [4.78, 5) is 0.325. The highest BCUT2D eigenvalue weighted by Crippen LogP contribution is 2.23. The third kappa shape index (κ3) is 2.54. The van der Waals surface area contributed by atoms with E-state index >= 15 is 0 Å². The first-order valence-corrected chi connectivity index (χ1v) is 7.12. The average Bonchev–Trinajstić information content (AvgIpc) is 2.59. The first-order chi connectivity index (χ1) is 7.94. The molecule has 0 amide bonds. The summed E-state index contributed by atoms with van der Waals surface area (Å²) >= 11 is 0. The molecular formula is C10H19ClN4O2S. The summed E-state index contributed by atoms with van der Waals surface area (Å²) in [5.74, 6) is 0. The molecule has 1 aliphatic rings. The van der Waals surface area contributed by atoms with Gasteiger partial charge in [-0.25, -0.2) is 8.42 Å². The zero-order valence-electron chi connectivity index (χ0n) is 10.7. The Bertz CT molecular complexity index is 494. The van der Waals surface area contributed by atoms with Gasteiger partial charge >= 0.3 is 0 Å². The van der Waals surface area contributed by atoms with Crippen LogP contribution in [0, 0.1) is 13.8 Å². The van der Waals surface area contributed by atoms with Gasteiger partial charge in [-0.2, -0.15) is 9.40 Å². The summed E-state index contributed by atoms with van der Waals surface area (Å²) in [5, 5.41) is 9.86. The lowest BCUT2D eigenvalue weighted by atomic mass is 10.3. The van der Waals surface area contributed by atoms with Gasteiger partial charge in [0.15, 0.2) is 0 Å². The number of aryl methyl sites for hydroxylation is 2. The molecule has 1 aliphatic heterocycles. The molecule has 0 aliphatic carbocycles. The Morgan fingerprint density at radius 1 is 1.39 bits per heavy atom. The van der Waals surface area contributed by atoms with Crippen LogP contribution in [0.4, 0.5) is 0 Å². The van der Waals surface area contributed by atoms with Gasteiger partial charge in [0.2, 0.25) is 10.0 Å². The highest BCUT2D eigenvalue weighted by molar-refractivity contribution is 7.89. The molecule has 6 nitrogen and oxygen atoms in total. The van der Waals surface area contributed by atoms with Gasteiger partial charge in [0.25, 0.3) is 0 Å². The highest BCUT2D eigenvalue weighted by Gasteiger charge is 2.34. The summed E-state index contributed by atoms with van der Waals surface area (Å²) in [7, 11) is -3.43. The number of halogens is 1. The Morgan fingerprint density at radius 2 is 2.06 bits per heavy atom. The number of piperazine rings is 1. The molecule has 0 spiro atoms. The van der Waals surface area contributed by atoms with Crippen molar-refractivity contribution in [3.63, 3.8) is 0 Å². The normalized spacial score (nSPS) is 21.6. The van der Waals surface area contributed by atoms with Crippen LogP contribution in [0.2, 0.25) is 0 Å². The molecule has 1 fully saturated rings. The number of nitrogens with one attached hydrogen (secondary N) is 2. The Hall–Kier alpha value is -0.630. The molecule has 1 saturated heterocycles. The molecule has 2 heterocycles. The van der Waals surface area contributed by atoms with E-state index in [2.05, 4.69) is 15.5 Å². The van der Waals surface area contributed by atoms with E-state index in [0.717, 1.165) is 0 Å². The van der Waals surface area contributed by atoms with Crippen LogP contribution in [0.3, 0.4) is 0 Å². The van der Waals surface area contributed by atoms with E-state index in [1.807, 2.05) is 6.92 Å². The fraction of sp³-hybridized carbons (Fsp3) is 0.700. The second-order valence-corrected chi connectivity index (χ2v) is 6.26. The molecule has 0 saturated carbocycles. The maximum absolute atomic E-state index is 12.5. The van der Waals surface area contributed by atoms with E-state index in [-0.39, 0.29) is 18.4 Å². The minimum atomic E-state index is -3.43. The summed E-state index contributed by atoms with van der Waals surface area (Å²) < 4.78 is 26.6. The van der Waals surface area contributed by atoms with Crippen LogP contribution >= 0.6 is 12.4 Å². The monoisotopic (exact) mass is 294 g/mol. The fourth-order valence-electron chi connectivity index (χ4n) is 2.22. The molecule has 2 rings (SSSR count). The molecule has 18 heavy (non-hydrogen) atoms. The number of aromatic nitrogens is 2. The van der Waals surface area contributed by atoms with Gasteiger partial charge in [-0.05, 0) is 20.8 Å². The van der Waals surface area contributed by atoms with E-state index in [1.165, 1.54) is 0 Å². The van der Waals surface area contributed by atoms with Crippen LogP contribution in [0.25, 0.3) is 0 Å². The van der Waals surface area contributed by atoms with Crippen LogP contribution in [0.1, 0.15) is 18.3 Å². The molecule has 0 bridgehead atoms. The third-order valence-electron chi connectivity index (χ3n) is 3.07. The Balaban J connectivity index is 0.00000162. The van der Waals surface area contributed by atoms with Crippen molar-refractivity contribution in [3.8, 4) is 0 Å². The summed E-state index contributed by atoms with van der Waals surface area (Å²) in [5.41, 5.74) is 1.14. The predicted molar refractivity (Wildman–Crippen MR) is 71.5 cm³/mol. The molecular weight excluding hydrogens is 276 g/mol. The van der Waals surface area contributed by atoms with Crippen molar-refractivity contribution in [3.05, 3.63) is 11.4 Å². The number of nitrogens with zero attached hydrogens (tertiary/aromatic N) is 2. The summed E-state index contributed by atoms with van der Waals surface area (Å²) in [6.07, 6.45) is 0.